The molecule has 0 radical (unpaired) electrons. The van der Waals surface area contributed by atoms with Gasteiger partial charge in [0.05, 0.1) is 5.52 Å². The van der Waals surface area contributed by atoms with Crippen molar-refractivity contribution in [2.45, 2.75) is 6.54 Å². The van der Waals surface area contributed by atoms with Crippen molar-refractivity contribution in [3.8, 4) is 0 Å². The second-order valence-electron chi connectivity index (χ2n) is 3.88. The lowest BCUT2D eigenvalue weighted by Crippen LogP contribution is -2.15. The van der Waals surface area contributed by atoms with Crippen molar-refractivity contribution < 1.29 is 4.42 Å². The van der Waals surface area contributed by atoms with E-state index in [1.165, 1.54) is 4.57 Å². The Balaban J connectivity index is 2.41. The van der Waals surface area contributed by atoms with Gasteiger partial charge >= 0.3 is 5.76 Å². The van der Waals surface area contributed by atoms with E-state index in [0.29, 0.717) is 11.5 Å². The summed E-state index contributed by atoms with van der Waals surface area (Å²) >= 11 is 4.19. The van der Waals surface area contributed by atoms with E-state index < -0.39 is 0 Å². The van der Waals surface area contributed by atoms with Gasteiger partial charge < -0.3 is 4.42 Å². The van der Waals surface area contributed by atoms with Gasteiger partial charge in [0.25, 0.3) is 0 Å². The van der Waals surface area contributed by atoms with Crippen molar-refractivity contribution in [2.24, 2.45) is 7.05 Å². The molecule has 86 valence electrons. The van der Waals surface area contributed by atoms with Gasteiger partial charge in [0.1, 0.15) is 0 Å². The predicted molar refractivity (Wildman–Crippen MR) is 66.8 cm³/mol. The van der Waals surface area contributed by atoms with Gasteiger partial charge in [-0.1, -0.05) is 6.07 Å². The Morgan fingerprint density at radius 3 is 2.94 bits per heavy atom. The van der Waals surface area contributed by atoms with Crippen molar-refractivity contribution in [1.82, 2.24) is 9.47 Å². The molecule has 0 unspecified atom stereocenters. The third-order valence-electron chi connectivity index (χ3n) is 2.55. The van der Waals surface area contributed by atoms with Crippen LogP contribution < -0.4 is 5.76 Å². The van der Waals surface area contributed by atoms with Crippen LogP contribution in [0.15, 0.2) is 27.4 Å². The third-order valence-corrected chi connectivity index (χ3v) is 3.03. The van der Waals surface area contributed by atoms with Crippen LogP contribution in [-0.4, -0.2) is 22.4 Å². The molecule has 0 amide bonds. The van der Waals surface area contributed by atoms with Crippen LogP contribution in [0.25, 0.3) is 11.1 Å². The number of aryl methyl sites for hydroxylation is 1. The number of hydrogen-bond acceptors (Lipinski definition) is 4. The van der Waals surface area contributed by atoms with Crippen LogP contribution in [0.3, 0.4) is 0 Å². The van der Waals surface area contributed by atoms with Gasteiger partial charge in [-0.15, -0.1) is 0 Å². The molecule has 0 saturated heterocycles. The van der Waals surface area contributed by atoms with E-state index in [0.717, 1.165) is 17.6 Å². The molecule has 2 aromatic rings. The summed E-state index contributed by atoms with van der Waals surface area (Å²) < 4.78 is 6.63. The first-order chi connectivity index (χ1) is 7.61. The van der Waals surface area contributed by atoms with Crippen molar-refractivity contribution in [2.75, 3.05) is 12.9 Å². The zero-order valence-corrected chi connectivity index (χ0v) is 10.2. The summed E-state index contributed by atoms with van der Waals surface area (Å²) in [5.74, 6) is 0.367. The van der Waals surface area contributed by atoms with E-state index in [9.17, 15) is 4.79 Å². The molecule has 16 heavy (non-hydrogen) atoms. The average molecular weight is 238 g/mol. The Hall–Kier alpha value is -1.20. The highest BCUT2D eigenvalue weighted by molar-refractivity contribution is 7.80. The molecular formula is C11H14N2O2S. The number of fused-ring (bicyclic) bond motifs is 1. The first kappa shape index (κ1) is 11.3. The van der Waals surface area contributed by atoms with E-state index in [1.54, 1.807) is 7.05 Å². The molecule has 0 spiro atoms. The van der Waals surface area contributed by atoms with Crippen LogP contribution in [0, 0.1) is 0 Å². The zero-order valence-electron chi connectivity index (χ0n) is 9.30. The predicted octanol–water partition coefficient (Wildman–Crippen LogP) is 1.45. The molecule has 0 aliphatic rings. The molecule has 0 aliphatic heterocycles. The van der Waals surface area contributed by atoms with Crippen molar-refractivity contribution in [3.05, 3.63) is 34.3 Å². The first-order valence-electron chi connectivity index (χ1n) is 4.99. The van der Waals surface area contributed by atoms with Gasteiger partial charge in [0, 0.05) is 19.5 Å². The van der Waals surface area contributed by atoms with E-state index in [1.807, 2.05) is 25.2 Å². The maximum Gasteiger partial charge on any atom is 0.419 e. The Morgan fingerprint density at radius 2 is 2.25 bits per heavy atom. The number of aromatic nitrogens is 1. The fourth-order valence-corrected chi connectivity index (χ4v) is 1.74. The zero-order chi connectivity index (χ0) is 11.7. The van der Waals surface area contributed by atoms with Crippen molar-refractivity contribution >= 4 is 23.7 Å². The lowest BCUT2D eigenvalue weighted by Gasteiger charge is -2.12. The molecule has 0 fully saturated rings. The summed E-state index contributed by atoms with van der Waals surface area (Å²) in [6.07, 6.45) is 0. The van der Waals surface area contributed by atoms with Gasteiger partial charge in [0.15, 0.2) is 5.58 Å². The molecule has 0 N–H and O–H groups in total. The second-order valence-corrected chi connectivity index (χ2v) is 4.17. The summed E-state index contributed by atoms with van der Waals surface area (Å²) in [7, 11) is 3.69. The molecule has 1 aromatic carbocycles. The number of oxazole rings is 1. The molecule has 0 saturated carbocycles. The SMILES string of the molecule is CN(CS)Cc1ccc2c(c1)oc(=O)n2C. The Labute approximate surface area is 98.9 Å². The average Bonchev–Trinajstić information content (AvgIpc) is 2.54. The van der Waals surface area contributed by atoms with Crippen LogP contribution in [-0.2, 0) is 13.6 Å². The lowest BCUT2D eigenvalue weighted by atomic mass is 10.2. The normalized spacial score (nSPS) is 11.5. The molecule has 5 heteroatoms. The highest BCUT2D eigenvalue weighted by atomic mass is 32.1. The molecule has 1 heterocycles. The quantitative estimate of drug-likeness (QED) is 0.650. The Kier molecular flexibility index (Phi) is 3.07. The monoisotopic (exact) mass is 238 g/mol. The van der Waals surface area contributed by atoms with Crippen LogP contribution >= 0.6 is 12.6 Å². The van der Waals surface area contributed by atoms with Gasteiger partial charge in [-0.3, -0.25) is 9.47 Å². The topological polar surface area (TPSA) is 38.4 Å². The number of hydrogen-bond donors (Lipinski definition) is 1. The summed E-state index contributed by atoms with van der Waals surface area (Å²) in [5.41, 5.74) is 2.57. The van der Waals surface area contributed by atoms with Crippen LogP contribution in [0.5, 0.6) is 0 Å². The molecule has 0 atom stereocenters. The van der Waals surface area contributed by atoms with E-state index in [-0.39, 0.29) is 5.76 Å². The number of benzene rings is 1. The molecular weight excluding hydrogens is 224 g/mol. The van der Waals surface area contributed by atoms with E-state index >= 15 is 0 Å². The van der Waals surface area contributed by atoms with E-state index in [4.69, 9.17) is 4.42 Å². The second kappa shape index (κ2) is 4.35. The third kappa shape index (κ3) is 2.01. The maximum atomic E-state index is 11.3. The summed E-state index contributed by atoms with van der Waals surface area (Å²) in [6.45, 7) is 0.790. The van der Waals surface area contributed by atoms with Gasteiger partial charge in [-0.25, -0.2) is 4.79 Å². The van der Waals surface area contributed by atoms with Crippen molar-refractivity contribution in [3.63, 3.8) is 0 Å². The van der Waals surface area contributed by atoms with Crippen LogP contribution in [0.2, 0.25) is 0 Å². The standard InChI is InChI=1S/C11H14N2O2S/c1-12(7-16)6-8-3-4-9-10(5-8)15-11(14)13(9)2/h3-5,16H,6-7H2,1-2H3. The van der Waals surface area contributed by atoms with E-state index in [2.05, 4.69) is 17.5 Å². The molecule has 0 bridgehead atoms. The minimum absolute atomic E-state index is 0.324. The molecule has 1 aromatic heterocycles. The summed E-state index contributed by atoms with van der Waals surface area (Å²) in [4.78, 5) is 13.4. The van der Waals surface area contributed by atoms with Gasteiger partial charge in [-0.05, 0) is 24.7 Å². The lowest BCUT2D eigenvalue weighted by molar-refractivity contribution is 0.387. The summed E-state index contributed by atoms with van der Waals surface area (Å²) in [5, 5.41) is 0. The number of nitrogens with zero attached hydrogens (tertiary/aromatic N) is 2. The smallest absolute Gasteiger partial charge is 0.408 e. The minimum atomic E-state index is -0.324. The summed E-state index contributed by atoms with van der Waals surface area (Å²) in [6, 6.07) is 5.80. The molecule has 0 aliphatic carbocycles. The maximum absolute atomic E-state index is 11.3. The van der Waals surface area contributed by atoms with Gasteiger partial charge in [0.2, 0.25) is 0 Å². The minimum Gasteiger partial charge on any atom is -0.408 e. The fourth-order valence-electron chi connectivity index (χ4n) is 1.64. The fraction of sp³-hybridized carbons (Fsp3) is 0.364. The highest BCUT2D eigenvalue weighted by Crippen LogP contribution is 2.15. The van der Waals surface area contributed by atoms with Gasteiger partial charge in [-0.2, -0.15) is 12.6 Å². The number of thiol groups is 1. The Bertz CT molecular complexity index is 559. The molecule has 2 rings (SSSR count). The largest absolute Gasteiger partial charge is 0.419 e. The Morgan fingerprint density at radius 1 is 1.50 bits per heavy atom. The van der Waals surface area contributed by atoms with Crippen LogP contribution in [0.1, 0.15) is 5.56 Å². The highest BCUT2D eigenvalue weighted by Gasteiger charge is 2.06. The molecule has 4 nitrogen and oxygen atoms in total. The van der Waals surface area contributed by atoms with Crippen LogP contribution in [0.4, 0.5) is 0 Å². The van der Waals surface area contributed by atoms with Crippen molar-refractivity contribution in [1.29, 1.82) is 0 Å². The number of rotatable bonds is 3. The first-order valence-corrected chi connectivity index (χ1v) is 5.63.